The molecule has 0 fully saturated rings. The lowest BCUT2D eigenvalue weighted by molar-refractivity contribution is 0.0474. The van der Waals surface area contributed by atoms with Crippen molar-refractivity contribution in [2.75, 3.05) is 18.6 Å². The lowest BCUT2D eigenvalue weighted by Gasteiger charge is -2.15. The Bertz CT molecular complexity index is 1660. The average Bonchev–Trinajstić information content (AvgIpc) is 3.22. The van der Waals surface area contributed by atoms with Gasteiger partial charge in [0.1, 0.15) is 17.2 Å². The fourth-order valence-electron chi connectivity index (χ4n) is 4.27. The molecule has 40 heavy (non-hydrogen) atoms. The van der Waals surface area contributed by atoms with Gasteiger partial charge in [-0.05, 0) is 91.7 Å². The van der Waals surface area contributed by atoms with Gasteiger partial charge in [-0.1, -0.05) is 18.2 Å². The first-order valence-electron chi connectivity index (χ1n) is 12.5. The fourth-order valence-corrected chi connectivity index (χ4v) is 4.27. The number of anilines is 1. The van der Waals surface area contributed by atoms with Crippen molar-refractivity contribution in [1.29, 1.82) is 0 Å². The van der Waals surface area contributed by atoms with Crippen LogP contribution in [0, 0.1) is 13.8 Å². The second kappa shape index (κ2) is 10.9. The van der Waals surface area contributed by atoms with Crippen molar-refractivity contribution < 1.29 is 33.4 Å². The number of aryl methyl sites for hydroxylation is 2. The molecule has 0 atom stereocenters. The largest absolute Gasteiger partial charge is 0.497 e. The van der Waals surface area contributed by atoms with E-state index in [1.54, 1.807) is 48.5 Å². The summed E-state index contributed by atoms with van der Waals surface area (Å²) in [4.78, 5) is 52.4. The number of fused-ring (bicyclic) bond motifs is 1. The molecular weight excluding hydrogens is 510 g/mol. The van der Waals surface area contributed by atoms with Gasteiger partial charge in [0.25, 0.3) is 11.8 Å². The van der Waals surface area contributed by atoms with Crippen LogP contribution in [0.4, 0.5) is 5.69 Å². The van der Waals surface area contributed by atoms with Gasteiger partial charge in [-0.25, -0.2) is 9.69 Å². The molecule has 1 aliphatic rings. The van der Waals surface area contributed by atoms with Crippen LogP contribution in [0.1, 0.15) is 52.6 Å². The van der Waals surface area contributed by atoms with Crippen molar-refractivity contribution in [3.05, 3.63) is 118 Å². The molecule has 0 unspecified atom stereocenters. The fraction of sp³-hybridized carbons (Fsp3) is 0.125. The highest BCUT2D eigenvalue weighted by molar-refractivity contribution is 6.34. The Kier molecular flexibility index (Phi) is 7.16. The summed E-state index contributed by atoms with van der Waals surface area (Å²) >= 11 is 0. The van der Waals surface area contributed by atoms with Crippen LogP contribution in [0.15, 0.2) is 84.9 Å². The van der Waals surface area contributed by atoms with E-state index in [0.717, 1.165) is 16.0 Å². The number of benzene rings is 4. The number of esters is 1. The van der Waals surface area contributed by atoms with Gasteiger partial charge in [-0.15, -0.1) is 0 Å². The number of ketones is 1. The third-order valence-corrected chi connectivity index (χ3v) is 6.66. The zero-order valence-electron chi connectivity index (χ0n) is 22.1. The summed E-state index contributed by atoms with van der Waals surface area (Å²) in [5.74, 6) is -0.521. The van der Waals surface area contributed by atoms with Gasteiger partial charge in [0.2, 0.25) is 0 Å². The summed E-state index contributed by atoms with van der Waals surface area (Å²) in [6.45, 7) is 3.53. The van der Waals surface area contributed by atoms with Gasteiger partial charge in [0, 0.05) is 5.56 Å². The van der Waals surface area contributed by atoms with E-state index in [2.05, 4.69) is 0 Å². The molecule has 5 rings (SSSR count). The Balaban J connectivity index is 1.27. The molecule has 0 saturated heterocycles. The molecule has 1 aliphatic heterocycles. The minimum absolute atomic E-state index is 0.0531. The number of carbonyl (C=O) groups excluding carboxylic acids is 4. The Morgan fingerprint density at radius 1 is 0.700 bits per heavy atom. The number of rotatable bonds is 8. The van der Waals surface area contributed by atoms with E-state index in [1.165, 1.54) is 25.3 Å². The smallest absolute Gasteiger partial charge is 0.338 e. The molecule has 8 nitrogen and oxygen atoms in total. The van der Waals surface area contributed by atoms with E-state index in [1.807, 2.05) is 32.0 Å². The molecule has 0 bridgehead atoms. The van der Waals surface area contributed by atoms with Gasteiger partial charge in [-0.2, -0.15) is 0 Å². The van der Waals surface area contributed by atoms with Crippen LogP contribution in [0.25, 0.3) is 0 Å². The lowest BCUT2D eigenvalue weighted by atomic mass is 10.1. The highest BCUT2D eigenvalue weighted by atomic mass is 16.5. The molecule has 0 saturated carbocycles. The molecule has 0 spiro atoms. The summed E-state index contributed by atoms with van der Waals surface area (Å²) in [6.07, 6.45) is 0. The molecular formula is C32H25NO7. The normalized spacial score (nSPS) is 12.2. The third-order valence-electron chi connectivity index (χ3n) is 6.66. The molecule has 0 radical (unpaired) electrons. The number of amides is 2. The second-order valence-corrected chi connectivity index (χ2v) is 9.28. The molecule has 1 heterocycles. The van der Waals surface area contributed by atoms with Crippen molar-refractivity contribution in [2.24, 2.45) is 0 Å². The molecule has 4 aromatic rings. The van der Waals surface area contributed by atoms with Gasteiger partial charge in [-0.3, -0.25) is 14.4 Å². The number of Topliss-reactive ketones (excluding diaryl/α,β-unsaturated/α-hetero) is 1. The predicted octanol–water partition coefficient (Wildman–Crippen LogP) is 5.94. The maximum Gasteiger partial charge on any atom is 0.338 e. The zero-order chi connectivity index (χ0) is 28.4. The number of nitrogens with zero attached hydrogens (tertiary/aromatic N) is 1. The Morgan fingerprint density at radius 3 is 2.15 bits per heavy atom. The highest BCUT2D eigenvalue weighted by Gasteiger charge is 2.37. The van der Waals surface area contributed by atoms with Crippen LogP contribution in [-0.4, -0.2) is 37.3 Å². The first-order valence-corrected chi connectivity index (χ1v) is 12.5. The zero-order valence-corrected chi connectivity index (χ0v) is 22.1. The van der Waals surface area contributed by atoms with Crippen molar-refractivity contribution in [2.45, 2.75) is 13.8 Å². The summed E-state index contributed by atoms with van der Waals surface area (Å²) in [6, 6.07) is 23.0. The summed E-state index contributed by atoms with van der Waals surface area (Å²) < 4.78 is 16.2. The summed E-state index contributed by atoms with van der Waals surface area (Å²) in [5, 5.41) is 0. The van der Waals surface area contributed by atoms with Gasteiger partial charge >= 0.3 is 5.97 Å². The third kappa shape index (κ3) is 5.19. The average molecular weight is 536 g/mol. The topological polar surface area (TPSA) is 99.2 Å². The van der Waals surface area contributed by atoms with Gasteiger partial charge in [0.05, 0.1) is 29.5 Å². The van der Waals surface area contributed by atoms with Crippen molar-refractivity contribution in [3.63, 3.8) is 0 Å². The van der Waals surface area contributed by atoms with Crippen molar-refractivity contribution in [3.8, 4) is 17.2 Å². The number of methoxy groups -OCH3 is 1. The predicted molar refractivity (Wildman–Crippen MR) is 148 cm³/mol. The highest BCUT2D eigenvalue weighted by Crippen LogP contribution is 2.32. The van der Waals surface area contributed by atoms with Crippen molar-refractivity contribution >= 4 is 29.3 Å². The van der Waals surface area contributed by atoms with Crippen molar-refractivity contribution in [1.82, 2.24) is 0 Å². The van der Waals surface area contributed by atoms with E-state index in [-0.39, 0.29) is 16.7 Å². The Labute approximate surface area is 230 Å². The molecule has 0 aliphatic carbocycles. The first-order chi connectivity index (χ1) is 19.2. The van der Waals surface area contributed by atoms with E-state index in [9.17, 15) is 19.2 Å². The van der Waals surface area contributed by atoms with Crippen LogP contribution in [0.3, 0.4) is 0 Å². The quantitative estimate of drug-likeness (QED) is 0.156. The van der Waals surface area contributed by atoms with E-state index in [0.29, 0.717) is 28.5 Å². The van der Waals surface area contributed by atoms with Crippen LogP contribution in [-0.2, 0) is 4.74 Å². The molecule has 0 aromatic heterocycles. The maximum atomic E-state index is 13.2. The lowest BCUT2D eigenvalue weighted by Crippen LogP contribution is -2.29. The van der Waals surface area contributed by atoms with Crippen LogP contribution >= 0.6 is 0 Å². The van der Waals surface area contributed by atoms with Gasteiger partial charge in [0.15, 0.2) is 12.4 Å². The number of carbonyl (C=O) groups is 4. The number of hydrogen-bond donors (Lipinski definition) is 0. The van der Waals surface area contributed by atoms with E-state index < -0.39 is 30.2 Å². The minimum Gasteiger partial charge on any atom is -0.497 e. The molecule has 4 aromatic carbocycles. The number of imide groups is 1. The number of hydrogen-bond acceptors (Lipinski definition) is 7. The molecule has 200 valence electrons. The number of ether oxygens (including phenoxy) is 3. The molecule has 2 amide bonds. The molecule has 0 N–H and O–H groups in total. The second-order valence-electron chi connectivity index (χ2n) is 9.28. The standard InChI is InChI=1S/C32H25NO7/c1-19-7-11-26(15-20(19)2)40-24-12-9-23(10-13-24)33-30(35)27-14-8-22(17-28(27)31(33)36)32(37)39-18-29(34)21-5-4-6-25(16-21)38-3/h4-17H,18H2,1-3H3. The monoisotopic (exact) mass is 535 g/mol. The van der Waals surface area contributed by atoms with Crippen LogP contribution in [0.2, 0.25) is 0 Å². The Hall–Kier alpha value is -5.24. The first kappa shape index (κ1) is 26.4. The summed E-state index contributed by atoms with van der Waals surface area (Å²) in [7, 11) is 1.49. The maximum absolute atomic E-state index is 13.2. The molecule has 8 heteroatoms. The summed E-state index contributed by atoms with van der Waals surface area (Å²) in [5.41, 5.74) is 3.27. The van der Waals surface area contributed by atoms with Crippen LogP contribution in [0.5, 0.6) is 17.2 Å². The SMILES string of the molecule is COc1cccc(C(=O)COC(=O)c2ccc3c(c2)C(=O)N(c2ccc(Oc4ccc(C)c(C)c4)cc2)C3=O)c1. The Morgan fingerprint density at radius 2 is 1.43 bits per heavy atom. The van der Waals surface area contributed by atoms with E-state index in [4.69, 9.17) is 14.2 Å². The van der Waals surface area contributed by atoms with E-state index >= 15 is 0 Å². The minimum atomic E-state index is -0.786. The van der Waals surface area contributed by atoms with Crippen LogP contribution < -0.4 is 14.4 Å². The van der Waals surface area contributed by atoms with Gasteiger partial charge < -0.3 is 14.2 Å².